The summed E-state index contributed by atoms with van der Waals surface area (Å²) < 4.78 is 27.8. The first-order valence-electron chi connectivity index (χ1n) is 7.36. The second-order valence-corrected chi connectivity index (χ2v) is 6.68. The summed E-state index contributed by atoms with van der Waals surface area (Å²) in [5, 5.41) is 0. The third kappa shape index (κ3) is 2.05. The van der Waals surface area contributed by atoms with Crippen molar-refractivity contribution in [2.24, 2.45) is 5.41 Å². The van der Waals surface area contributed by atoms with Crippen LogP contribution in [0.3, 0.4) is 0 Å². The first-order valence-corrected chi connectivity index (χ1v) is 7.36. The van der Waals surface area contributed by atoms with Gasteiger partial charge in [-0.15, -0.1) is 0 Å². The van der Waals surface area contributed by atoms with Gasteiger partial charge in [-0.2, -0.15) is 0 Å². The highest BCUT2D eigenvalue weighted by Crippen LogP contribution is 2.54. The lowest BCUT2D eigenvalue weighted by molar-refractivity contribution is -0.156. The van der Waals surface area contributed by atoms with Gasteiger partial charge in [0.2, 0.25) is 5.91 Å². The Hall–Kier alpha value is -1.52. The number of nitrogens with zero attached hydrogens (tertiary/aromatic N) is 2. The fourth-order valence-corrected chi connectivity index (χ4v) is 3.69. The molecule has 0 unspecified atom stereocenters. The monoisotopic (exact) mass is 294 g/mol. The topological polar surface area (TPSA) is 33.2 Å². The molecule has 0 aliphatic carbocycles. The molecule has 114 valence electrons. The summed E-state index contributed by atoms with van der Waals surface area (Å²) in [6.07, 6.45) is 5.35. The maximum Gasteiger partial charge on any atom is 0.259 e. The van der Waals surface area contributed by atoms with Gasteiger partial charge in [-0.1, -0.05) is 6.07 Å². The molecule has 2 aliphatic rings. The molecule has 3 nitrogen and oxygen atoms in total. The number of aromatic nitrogens is 1. The van der Waals surface area contributed by atoms with E-state index in [1.54, 1.807) is 17.3 Å². The van der Waals surface area contributed by atoms with Gasteiger partial charge in [-0.25, -0.2) is 8.78 Å². The highest BCUT2D eigenvalue weighted by atomic mass is 19.3. The van der Waals surface area contributed by atoms with Crippen molar-refractivity contribution in [1.82, 2.24) is 9.88 Å². The van der Waals surface area contributed by atoms with Crippen LogP contribution < -0.4 is 0 Å². The number of amides is 1. The molecule has 3 atom stereocenters. The molecule has 5 heteroatoms. The van der Waals surface area contributed by atoms with Gasteiger partial charge in [0.1, 0.15) is 5.41 Å². The second-order valence-electron chi connectivity index (χ2n) is 6.68. The van der Waals surface area contributed by atoms with Crippen molar-refractivity contribution in [3.63, 3.8) is 0 Å². The molecule has 1 amide bonds. The van der Waals surface area contributed by atoms with E-state index in [4.69, 9.17) is 0 Å². The van der Waals surface area contributed by atoms with Crippen molar-refractivity contribution in [3.8, 4) is 0 Å². The molecule has 0 saturated carbocycles. The molecule has 0 N–H and O–H groups in total. The average Bonchev–Trinajstić information content (AvgIpc) is 2.89. The van der Waals surface area contributed by atoms with Crippen molar-refractivity contribution in [2.75, 3.05) is 0 Å². The quantitative estimate of drug-likeness (QED) is 0.836. The SMILES string of the molecule is Cc1cncc([C@@H]2CC[C@@H]3C[C@](C)(C(C)(F)F)C(=O)N32)c1. The van der Waals surface area contributed by atoms with Gasteiger partial charge in [0.05, 0.1) is 6.04 Å². The van der Waals surface area contributed by atoms with Crippen molar-refractivity contribution in [3.05, 3.63) is 29.6 Å². The fourth-order valence-electron chi connectivity index (χ4n) is 3.69. The largest absolute Gasteiger partial charge is 0.332 e. The van der Waals surface area contributed by atoms with Crippen molar-refractivity contribution >= 4 is 5.91 Å². The van der Waals surface area contributed by atoms with E-state index in [9.17, 15) is 13.6 Å². The van der Waals surface area contributed by atoms with Gasteiger partial charge in [-0.3, -0.25) is 9.78 Å². The minimum Gasteiger partial charge on any atom is -0.332 e. The Labute approximate surface area is 123 Å². The van der Waals surface area contributed by atoms with E-state index in [1.165, 1.54) is 6.92 Å². The average molecular weight is 294 g/mol. The normalized spacial score (nSPS) is 32.6. The number of aryl methyl sites for hydroxylation is 1. The fraction of sp³-hybridized carbons (Fsp3) is 0.625. The van der Waals surface area contributed by atoms with Crippen LogP contribution in [0.2, 0.25) is 0 Å². The van der Waals surface area contributed by atoms with Gasteiger partial charge in [-0.05, 0) is 44.2 Å². The predicted molar refractivity (Wildman–Crippen MR) is 74.9 cm³/mol. The number of carbonyl (C=O) groups excluding carboxylic acids is 1. The van der Waals surface area contributed by atoms with E-state index in [0.717, 1.165) is 30.9 Å². The van der Waals surface area contributed by atoms with Crippen LogP contribution in [0.1, 0.15) is 50.3 Å². The van der Waals surface area contributed by atoms with E-state index < -0.39 is 17.2 Å². The first kappa shape index (κ1) is 14.4. The Kier molecular flexibility index (Phi) is 3.08. The van der Waals surface area contributed by atoms with Crippen molar-refractivity contribution in [1.29, 1.82) is 0 Å². The summed E-state index contributed by atoms with van der Waals surface area (Å²) >= 11 is 0. The lowest BCUT2D eigenvalue weighted by atomic mass is 9.80. The molecular weight excluding hydrogens is 274 g/mol. The Morgan fingerprint density at radius 2 is 2.10 bits per heavy atom. The number of carbonyl (C=O) groups is 1. The zero-order valence-electron chi connectivity index (χ0n) is 12.6. The van der Waals surface area contributed by atoms with E-state index in [2.05, 4.69) is 4.98 Å². The third-order valence-corrected chi connectivity index (χ3v) is 5.10. The molecule has 3 heterocycles. The predicted octanol–water partition coefficient (Wildman–Crippen LogP) is 3.49. The van der Waals surface area contributed by atoms with Crippen LogP contribution in [0.5, 0.6) is 0 Å². The molecule has 0 bridgehead atoms. The van der Waals surface area contributed by atoms with E-state index in [-0.39, 0.29) is 18.5 Å². The van der Waals surface area contributed by atoms with Crippen LogP contribution in [-0.2, 0) is 4.79 Å². The Morgan fingerprint density at radius 3 is 2.71 bits per heavy atom. The van der Waals surface area contributed by atoms with Crippen LogP contribution in [0.15, 0.2) is 18.5 Å². The number of pyridine rings is 1. The zero-order chi connectivity index (χ0) is 15.4. The molecule has 2 fully saturated rings. The third-order valence-electron chi connectivity index (χ3n) is 5.10. The Bertz CT molecular complexity index is 584. The molecule has 1 aromatic rings. The number of halogens is 2. The standard InChI is InChI=1S/C16H20F2N2O/c1-10-6-11(9-19-8-10)13-5-4-12-7-15(2,16(3,17)18)14(21)20(12)13/h6,8-9,12-13H,4-5,7H2,1-3H3/t12-,13+,15+/m1/s1. The van der Waals surface area contributed by atoms with E-state index in [0.29, 0.717) is 0 Å². The van der Waals surface area contributed by atoms with Crippen molar-refractivity contribution < 1.29 is 13.6 Å². The second kappa shape index (κ2) is 4.49. The highest BCUT2D eigenvalue weighted by molar-refractivity contribution is 5.87. The summed E-state index contributed by atoms with van der Waals surface area (Å²) in [5.74, 6) is -3.41. The van der Waals surface area contributed by atoms with Crippen LogP contribution in [0, 0.1) is 12.3 Å². The molecule has 0 radical (unpaired) electrons. The molecule has 0 aromatic carbocycles. The van der Waals surface area contributed by atoms with Crippen LogP contribution in [-0.4, -0.2) is 27.8 Å². The zero-order valence-corrected chi connectivity index (χ0v) is 12.6. The Morgan fingerprint density at radius 1 is 1.38 bits per heavy atom. The molecule has 3 rings (SSSR count). The minimum absolute atomic E-state index is 0.0705. The number of rotatable bonds is 2. The van der Waals surface area contributed by atoms with Gasteiger partial charge < -0.3 is 4.90 Å². The number of fused-ring (bicyclic) bond motifs is 1. The summed E-state index contributed by atoms with van der Waals surface area (Å²) in [7, 11) is 0. The van der Waals surface area contributed by atoms with Crippen LogP contribution >= 0.6 is 0 Å². The Balaban J connectivity index is 1.95. The lowest BCUT2D eigenvalue weighted by Crippen LogP contribution is -2.44. The van der Waals surface area contributed by atoms with Crippen LogP contribution in [0.25, 0.3) is 0 Å². The maximum absolute atomic E-state index is 13.9. The van der Waals surface area contributed by atoms with E-state index >= 15 is 0 Å². The summed E-state index contributed by atoms with van der Waals surface area (Å²) in [6, 6.07) is 1.81. The molecule has 2 aliphatic heterocycles. The van der Waals surface area contributed by atoms with E-state index in [1.807, 2.05) is 13.0 Å². The molecular formula is C16H20F2N2O. The minimum atomic E-state index is -3.00. The number of hydrogen-bond donors (Lipinski definition) is 0. The molecule has 2 saturated heterocycles. The van der Waals surface area contributed by atoms with Gasteiger partial charge in [0.25, 0.3) is 5.92 Å². The van der Waals surface area contributed by atoms with Gasteiger partial charge in [0, 0.05) is 25.4 Å². The summed E-state index contributed by atoms with van der Waals surface area (Å²) in [5.41, 5.74) is 0.397. The van der Waals surface area contributed by atoms with Crippen molar-refractivity contribution in [2.45, 2.75) is 58.0 Å². The van der Waals surface area contributed by atoms with Crippen LogP contribution in [0.4, 0.5) is 8.78 Å². The highest BCUT2D eigenvalue weighted by Gasteiger charge is 2.62. The lowest BCUT2D eigenvalue weighted by Gasteiger charge is -2.31. The summed E-state index contributed by atoms with van der Waals surface area (Å²) in [4.78, 5) is 18.5. The molecule has 0 spiro atoms. The molecule has 21 heavy (non-hydrogen) atoms. The molecule has 1 aromatic heterocycles. The maximum atomic E-state index is 13.9. The number of alkyl halides is 2. The van der Waals surface area contributed by atoms with Gasteiger partial charge >= 0.3 is 0 Å². The first-order chi connectivity index (χ1) is 9.74. The smallest absolute Gasteiger partial charge is 0.259 e. The summed E-state index contributed by atoms with van der Waals surface area (Å²) in [6.45, 7) is 4.20. The number of hydrogen-bond acceptors (Lipinski definition) is 2. The van der Waals surface area contributed by atoms with Gasteiger partial charge in [0.15, 0.2) is 0 Å².